The number of alkyl halides is 1. The largest absolute Gasteiger partial charge is 0.330 e. The molecule has 152 valence electrons. The maximum atomic E-state index is 13.2. The normalized spacial score (nSPS) is 21.4. The number of carbonyl (C=O) groups excluding carboxylic acids is 2. The van der Waals surface area contributed by atoms with Crippen molar-refractivity contribution < 1.29 is 14.0 Å². The van der Waals surface area contributed by atoms with Crippen molar-refractivity contribution in [3.05, 3.63) is 59.2 Å². The molecule has 0 bridgehead atoms. The van der Waals surface area contributed by atoms with E-state index >= 15 is 0 Å². The molecule has 2 amide bonds. The zero-order valence-electron chi connectivity index (χ0n) is 15.6. The number of nitrogens with one attached hydrogen (secondary N) is 2. The van der Waals surface area contributed by atoms with Gasteiger partial charge in [0.25, 0.3) is 5.91 Å². The van der Waals surface area contributed by atoms with Gasteiger partial charge in [0.1, 0.15) is 17.7 Å². The molecule has 9 heteroatoms. The number of aromatic nitrogens is 2. The summed E-state index contributed by atoms with van der Waals surface area (Å²) in [4.78, 5) is 31.1. The molecule has 4 rings (SSSR count). The number of halogens is 2. The van der Waals surface area contributed by atoms with E-state index < -0.39 is 6.17 Å². The van der Waals surface area contributed by atoms with Crippen LogP contribution in [-0.2, 0) is 17.9 Å². The van der Waals surface area contributed by atoms with E-state index in [1.54, 1.807) is 35.2 Å². The predicted octanol–water partition coefficient (Wildman–Crippen LogP) is 2.39. The Balaban J connectivity index is 1.40. The SMILES string of the molecule is O=C(Nc1ccccc1Cl)c1cnc2n1CCN(C(=O)/C=C/[C@H]1C[C@H](F)CN1)C2. The Morgan fingerprint density at radius 1 is 1.31 bits per heavy atom. The highest BCUT2D eigenvalue weighted by molar-refractivity contribution is 6.33. The molecule has 2 atom stereocenters. The van der Waals surface area contributed by atoms with Crippen LogP contribution < -0.4 is 10.6 Å². The average molecular weight is 418 g/mol. The highest BCUT2D eigenvalue weighted by Crippen LogP contribution is 2.22. The van der Waals surface area contributed by atoms with Crippen LogP contribution in [-0.4, -0.2) is 51.6 Å². The monoisotopic (exact) mass is 417 g/mol. The molecule has 1 aromatic heterocycles. The van der Waals surface area contributed by atoms with Gasteiger partial charge in [-0.15, -0.1) is 0 Å². The standard InChI is InChI=1S/C20H21ClFN5O2/c21-15-3-1-2-4-16(15)25-20(29)17-11-24-18-12-26(7-8-27(17)18)19(28)6-5-14-9-13(22)10-23-14/h1-6,11,13-14,23H,7-10,12H2,(H,25,29)/b6-5+/t13-,14-/m0/s1. The molecule has 0 radical (unpaired) electrons. The molecule has 1 fully saturated rings. The average Bonchev–Trinajstić information content (AvgIpc) is 3.33. The Kier molecular flexibility index (Phi) is 5.64. The van der Waals surface area contributed by atoms with Gasteiger partial charge >= 0.3 is 0 Å². The Labute approximate surface area is 172 Å². The lowest BCUT2D eigenvalue weighted by Gasteiger charge is -2.27. The van der Waals surface area contributed by atoms with Gasteiger partial charge in [0.2, 0.25) is 5.91 Å². The molecule has 3 heterocycles. The van der Waals surface area contributed by atoms with Crippen LogP contribution in [0.2, 0.25) is 5.02 Å². The number of hydrogen-bond acceptors (Lipinski definition) is 4. The van der Waals surface area contributed by atoms with Crippen molar-refractivity contribution in [2.75, 3.05) is 18.4 Å². The number of amides is 2. The van der Waals surface area contributed by atoms with E-state index in [4.69, 9.17) is 11.6 Å². The number of rotatable bonds is 4. The number of hydrogen-bond donors (Lipinski definition) is 2. The maximum Gasteiger partial charge on any atom is 0.273 e. The minimum absolute atomic E-state index is 0.110. The van der Waals surface area contributed by atoms with Gasteiger partial charge in [0.15, 0.2) is 0 Å². The molecule has 2 aliphatic heterocycles. The minimum atomic E-state index is -0.863. The zero-order chi connectivity index (χ0) is 20.4. The third-order valence-corrected chi connectivity index (χ3v) is 5.44. The second kappa shape index (κ2) is 8.34. The maximum absolute atomic E-state index is 13.2. The molecule has 0 saturated carbocycles. The molecule has 2 aromatic rings. The lowest BCUT2D eigenvalue weighted by atomic mass is 10.2. The van der Waals surface area contributed by atoms with E-state index in [0.717, 1.165) is 0 Å². The van der Waals surface area contributed by atoms with E-state index in [1.165, 1.54) is 12.3 Å². The fourth-order valence-electron chi connectivity index (χ4n) is 3.55. The molecule has 1 aromatic carbocycles. The van der Waals surface area contributed by atoms with Gasteiger partial charge in [-0.3, -0.25) is 9.59 Å². The summed E-state index contributed by atoms with van der Waals surface area (Å²) >= 11 is 6.10. The Hall–Kier alpha value is -2.71. The summed E-state index contributed by atoms with van der Waals surface area (Å²) in [5.41, 5.74) is 0.954. The molecule has 29 heavy (non-hydrogen) atoms. The van der Waals surface area contributed by atoms with Crippen LogP contribution in [0.15, 0.2) is 42.6 Å². The summed E-state index contributed by atoms with van der Waals surface area (Å²) in [5, 5.41) is 6.26. The third-order valence-electron chi connectivity index (χ3n) is 5.11. The third kappa shape index (κ3) is 4.33. The summed E-state index contributed by atoms with van der Waals surface area (Å²) < 4.78 is 15.0. The first kappa shape index (κ1) is 19.6. The molecule has 0 spiro atoms. The number of benzene rings is 1. The molecule has 2 N–H and O–H groups in total. The summed E-state index contributed by atoms with van der Waals surface area (Å²) in [6, 6.07) is 6.90. The Morgan fingerprint density at radius 3 is 2.90 bits per heavy atom. The van der Waals surface area contributed by atoms with Gasteiger partial charge in [-0.25, -0.2) is 9.37 Å². The summed E-state index contributed by atoms with van der Waals surface area (Å²) in [5.74, 6) is 0.195. The molecule has 0 aliphatic carbocycles. The molecule has 1 saturated heterocycles. The minimum Gasteiger partial charge on any atom is -0.330 e. The van der Waals surface area contributed by atoms with E-state index in [-0.39, 0.29) is 17.9 Å². The number of imidazole rings is 1. The van der Waals surface area contributed by atoms with Gasteiger partial charge in [-0.05, 0) is 18.6 Å². The fraction of sp³-hybridized carbons (Fsp3) is 0.350. The van der Waals surface area contributed by atoms with Gasteiger partial charge < -0.3 is 20.1 Å². The first-order chi connectivity index (χ1) is 14.0. The highest BCUT2D eigenvalue weighted by Gasteiger charge is 2.26. The van der Waals surface area contributed by atoms with E-state index in [9.17, 15) is 14.0 Å². The van der Waals surface area contributed by atoms with Crippen LogP contribution in [0.4, 0.5) is 10.1 Å². The number of para-hydroxylation sites is 1. The van der Waals surface area contributed by atoms with Crippen molar-refractivity contribution in [3.8, 4) is 0 Å². The first-order valence-corrected chi connectivity index (χ1v) is 9.84. The number of fused-ring (bicyclic) bond motifs is 1. The molecule has 7 nitrogen and oxygen atoms in total. The molecular formula is C20H21ClFN5O2. The smallest absolute Gasteiger partial charge is 0.273 e. The second-order valence-electron chi connectivity index (χ2n) is 7.11. The fourth-order valence-corrected chi connectivity index (χ4v) is 3.73. The Bertz CT molecular complexity index is 960. The summed E-state index contributed by atoms with van der Waals surface area (Å²) in [6.45, 7) is 1.56. The van der Waals surface area contributed by atoms with E-state index in [0.29, 0.717) is 54.8 Å². The summed E-state index contributed by atoms with van der Waals surface area (Å²) in [6.07, 6.45) is 4.23. The highest BCUT2D eigenvalue weighted by atomic mass is 35.5. The second-order valence-corrected chi connectivity index (χ2v) is 7.52. The van der Waals surface area contributed by atoms with Crippen LogP contribution in [0, 0.1) is 0 Å². The van der Waals surface area contributed by atoms with Crippen molar-refractivity contribution in [1.29, 1.82) is 0 Å². The predicted molar refractivity (Wildman–Crippen MR) is 107 cm³/mol. The van der Waals surface area contributed by atoms with Crippen LogP contribution in [0.5, 0.6) is 0 Å². The lowest BCUT2D eigenvalue weighted by molar-refractivity contribution is -0.127. The topological polar surface area (TPSA) is 79.3 Å². The molecule has 2 aliphatic rings. The van der Waals surface area contributed by atoms with Crippen LogP contribution in [0.1, 0.15) is 22.7 Å². The molecule has 0 unspecified atom stereocenters. The van der Waals surface area contributed by atoms with Crippen LogP contribution >= 0.6 is 11.6 Å². The first-order valence-electron chi connectivity index (χ1n) is 9.46. The van der Waals surface area contributed by atoms with Crippen molar-refractivity contribution >= 4 is 29.1 Å². The number of carbonyl (C=O) groups is 2. The van der Waals surface area contributed by atoms with Crippen LogP contribution in [0.25, 0.3) is 0 Å². The number of anilines is 1. The van der Waals surface area contributed by atoms with Gasteiger partial charge in [-0.2, -0.15) is 0 Å². The summed E-state index contributed by atoms with van der Waals surface area (Å²) in [7, 11) is 0. The van der Waals surface area contributed by atoms with Gasteiger partial charge in [0.05, 0.1) is 23.5 Å². The van der Waals surface area contributed by atoms with Crippen LogP contribution in [0.3, 0.4) is 0 Å². The number of nitrogens with zero attached hydrogens (tertiary/aromatic N) is 3. The van der Waals surface area contributed by atoms with Crippen molar-refractivity contribution in [2.45, 2.75) is 31.7 Å². The Morgan fingerprint density at radius 2 is 2.14 bits per heavy atom. The van der Waals surface area contributed by atoms with E-state index in [1.807, 2.05) is 4.57 Å². The van der Waals surface area contributed by atoms with Crippen molar-refractivity contribution in [1.82, 2.24) is 19.8 Å². The quantitative estimate of drug-likeness (QED) is 0.749. The zero-order valence-corrected chi connectivity index (χ0v) is 16.4. The van der Waals surface area contributed by atoms with E-state index in [2.05, 4.69) is 15.6 Å². The molecular weight excluding hydrogens is 397 g/mol. The van der Waals surface area contributed by atoms with Crippen molar-refractivity contribution in [2.24, 2.45) is 0 Å². The lowest BCUT2D eigenvalue weighted by Crippen LogP contribution is -2.38. The van der Waals surface area contributed by atoms with Gasteiger partial charge in [0, 0.05) is 31.8 Å². The van der Waals surface area contributed by atoms with Crippen molar-refractivity contribution in [3.63, 3.8) is 0 Å². The van der Waals surface area contributed by atoms with Gasteiger partial charge in [-0.1, -0.05) is 29.8 Å².